The number of sulfone groups is 1. The van der Waals surface area contributed by atoms with Crippen molar-refractivity contribution >= 4 is 32.3 Å². The Labute approximate surface area is 231 Å². The number of carbonyl (C=O) groups excluding carboxylic acids is 1. The fourth-order valence-corrected chi connectivity index (χ4v) is 5.08. The van der Waals surface area contributed by atoms with Gasteiger partial charge in [-0.15, -0.1) is 0 Å². The summed E-state index contributed by atoms with van der Waals surface area (Å²) in [6, 6.07) is 8.22. The van der Waals surface area contributed by atoms with E-state index in [0.717, 1.165) is 19.2 Å². The van der Waals surface area contributed by atoms with Crippen LogP contribution in [0.5, 0.6) is 5.75 Å². The smallest absolute Gasteiger partial charge is 0.226 e. The number of pyridine rings is 1. The average molecular weight is 563 g/mol. The highest BCUT2D eigenvalue weighted by atomic mass is 32.2. The summed E-state index contributed by atoms with van der Waals surface area (Å²) in [6.45, 7) is 1.41. The van der Waals surface area contributed by atoms with Crippen molar-refractivity contribution in [2.45, 2.75) is 17.7 Å². The van der Waals surface area contributed by atoms with Crippen molar-refractivity contribution in [2.24, 2.45) is 0 Å². The molecule has 0 saturated heterocycles. The molecule has 4 aromatic heterocycles. The minimum atomic E-state index is -3.51. The predicted octanol–water partition coefficient (Wildman–Crippen LogP) is 2.15. The Balaban J connectivity index is 1.63. The van der Waals surface area contributed by atoms with Crippen LogP contribution in [0.3, 0.4) is 0 Å². The van der Waals surface area contributed by atoms with Crippen molar-refractivity contribution in [3.8, 4) is 22.7 Å². The molecular formula is C27H30N8O4S. The molecule has 0 atom stereocenters. The first-order valence-electron chi connectivity index (χ1n) is 12.6. The Hall–Kier alpha value is -4.36. The SMILES string of the molecule is COc1ccc(S(C)(=O)=O)cc1-n1nc(CC(=O)NCCCN(C)C)c2cnc(-c3cnn4cccnc34)cc21. The summed E-state index contributed by atoms with van der Waals surface area (Å²) >= 11 is 0. The number of carbonyl (C=O) groups is 1. The van der Waals surface area contributed by atoms with Gasteiger partial charge in [0.25, 0.3) is 0 Å². The first-order valence-corrected chi connectivity index (χ1v) is 14.5. The lowest BCUT2D eigenvalue weighted by atomic mass is 10.1. The van der Waals surface area contributed by atoms with E-state index in [1.54, 1.807) is 46.1 Å². The number of nitrogens with zero attached hydrogens (tertiary/aromatic N) is 7. The minimum absolute atomic E-state index is 0.0266. The van der Waals surface area contributed by atoms with Gasteiger partial charge in [-0.05, 0) is 57.4 Å². The highest BCUT2D eigenvalue weighted by Gasteiger charge is 2.21. The molecular weight excluding hydrogens is 532 g/mol. The molecule has 0 bridgehead atoms. The molecule has 0 spiro atoms. The number of ether oxygens (including phenoxy) is 1. The monoisotopic (exact) mass is 562 g/mol. The van der Waals surface area contributed by atoms with Gasteiger partial charge in [-0.3, -0.25) is 9.78 Å². The Kier molecular flexibility index (Phi) is 7.50. The number of fused-ring (bicyclic) bond motifs is 2. The molecule has 208 valence electrons. The van der Waals surface area contributed by atoms with E-state index in [1.807, 2.05) is 20.2 Å². The van der Waals surface area contributed by atoms with Crippen LogP contribution < -0.4 is 10.1 Å². The van der Waals surface area contributed by atoms with Crippen molar-refractivity contribution in [3.63, 3.8) is 0 Å². The fourth-order valence-electron chi connectivity index (χ4n) is 4.44. The van der Waals surface area contributed by atoms with Crippen LogP contribution in [0, 0.1) is 0 Å². The Morgan fingerprint density at radius 2 is 1.98 bits per heavy atom. The van der Waals surface area contributed by atoms with Crippen molar-refractivity contribution in [1.29, 1.82) is 0 Å². The lowest BCUT2D eigenvalue weighted by molar-refractivity contribution is -0.120. The summed E-state index contributed by atoms with van der Waals surface area (Å²) in [5.41, 5.74) is 3.49. The van der Waals surface area contributed by atoms with Crippen LogP contribution in [-0.2, 0) is 21.1 Å². The molecule has 1 amide bonds. The Morgan fingerprint density at radius 3 is 2.73 bits per heavy atom. The van der Waals surface area contributed by atoms with E-state index >= 15 is 0 Å². The van der Waals surface area contributed by atoms with Gasteiger partial charge < -0.3 is 15.0 Å². The minimum Gasteiger partial charge on any atom is -0.494 e. The molecule has 1 aromatic carbocycles. The van der Waals surface area contributed by atoms with Crippen molar-refractivity contribution in [1.82, 2.24) is 39.6 Å². The quantitative estimate of drug-likeness (QED) is 0.254. The maximum Gasteiger partial charge on any atom is 0.226 e. The molecule has 0 saturated carbocycles. The number of rotatable bonds is 10. The average Bonchev–Trinajstić information content (AvgIpc) is 3.51. The summed E-state index contributed by atoms with van der Waals surface area (Å²) in [4.78, 5) is 24.1. The first-order chi connectivity index (χ1) is 19.2. The van der Waals surface area contributed by atoms with Crippen LogP contribution in [0.25, 0.3) is 33.5 Å². The number of benzene rings is 1. The summed E-state index contributed by atoms with van der Waals surface area (Å²) in [5.74, 6) is 0.255. The zero-order valence-electron chi connectivity index (χ0n) is 22.7. The third-order valence-corrected chi connectivity index (χ3v) is 7.55. The second kappa shape index (κ2) is 11.0. The van der Waals surface area contributed by atoms with Gasteiger partial charge in [0.1, 0.15) is 11.4 Å². The zero-order valence-corrected chi connectivity index (χ0v) is 23.5. The zero-order chi connectivity index (χ0) is 28.4. The normalized spacial score (nSPS) is 11.9. The van der Waals surface area contributed by atoms with Gasteiger partial charge in [0, 0.05) is 36.8 Å². The molecule has 5 rings (SSSR count). The number of nitrogens with one attached hydrogen (secondary N) is 1. The third kappa shape index (κ3) is 5.51. The van der Waals surface area contributed by atoms with E-state index in [0.29, 0.717) is 51.5 Å². The van der Waals surface area contributed by atoms with Gasteiger partial charge in [0.2, 0.25) is 5.91 Å². The highest BCUT2D eigenvalue weighted by Crippen LogP contribution is 2.32. The fraction of sp³-hybridized carbons (Fsp3) is 0.296. The molecule has 13 heteroatoms. The molecule has 0 aliphatic carbocycles. The second-order valence-electron chi connectivity index (χ2n) is 9.68. The van der Waals surface area contributed by atoms with Gasteiger partial charge in [0.15, 0.2) is 15.5 Å². The van der Waals surface area contributed by atoms with Gasteiger partial charge in [0.05, 0.1) is 47.1 Å². The molecule has 1 N–H and O–H groups in total. The van der Waals surface area contributed by atoms with E-state index in [4.69, 9.17) is 9.84 Å². The lowest BCUT2D eigenvalue weighted by Gasteiger charge is -2.11. The molecule has 0 aliphatic rings. The topological polar surface area (TPSA) is 137 Å². The van der Waals surface area contributed by atoms with E-state index in [1.165, 1.54) is 19.2 Å². The Morgan fingerprint density at radius 1 is 1.15 bits per heavy atom. The number of hydrogen-bond acceptors (Lipinski definition) is 9. The number of amides is 1. The first kappa shape index (κ1) is 27.2. The van der Waals surface area contributed by atoms with E-state index in [-0.39, 0.29) is 17.2 Å². The van der Waals surface area contributed by atoms with Crippen molar-refractivity contribution in [3.05, 3.63) is 60.8 Å². The van der Waals surface area contributed by atoms with Gasteiger partial charge >= 0.3 is 0 Å². The Bertz CT molecular complexity index is 1810. The van der Waals surface area contributed by atoms with Gasteiger partial charge in [-0.1, -0.05) is 0 Å². The second-order valence-corrected chi connectivity index (χ2v) is 11.7. The molecule has 0 unspecified atom stereocenters. The van der Waals surface area contributed by atoms with Crippen LogP contribution in [0.15, 0.2) is 60.0 Å². The lowest BCUT2D eigenvalue weighted by Crippen LogP contribution is -2.28. The van der Waals surface area contributed by atoms with Crippen molar-refractivity contribution < 1.29 is 17.9 Å². The summed E-state index contributed by atoms with van der Waals surface area (Å²) in [7, 11) is 1.97. The summed E-state index contributed by atoms with van der Waals surface area (Å²) in [6.07, 6.45) is 8.82. The van der Waals surface area contributed by atoms with E-state index in [9.17, 15) is 13.2 Å². The molecule has 0 radical (unpaired) electrons. The molecule has 5 aromatic rings. The maximum absolute atomic E-state index is 12.8. The van der Waals surface area contributed by atoms with Crippen molar-refractivity contribution in [2.75, 3.05) is 40.6 Å². The van der Waals surface area contributed by atoms with Crippen LogP contribution in [0.2, 0.25) is 0 Å². The molecule has 0 fully saturated rings. The molecule has 40 heavy (non-hydrogen) atoms. The van der Waals surface area contributed by atoms with Gasteiger partial charge in [-0.25, -0.2) is 22.6 Å². The van der Waals surface area contributed by atoms with E-state index < -0.39 is 9.84 Å². The standard InChI is InChI=1S/C27H30N8O4S/c1-33(2)11-5-9-28-26(36)15-22-19-16-30-21(20-17-31-34-12-6-10-29-27(20)34)14-23(19)35(32-22)24-13-18(40(4,37)38)7-8-25(24)39-3/h6-8,10,12-14,16-17H,5,9,11,15H2,1-4H3,(H,28,36). The van der Waals surface area contributed by atoms with Gasteiger partial charge in [-0.2, -0.15) is 10.2 Å². The highest BCUT2D eigenvalue weighted by molar-refractivity contribution is 7.90. The summed E-state index contributed by atoms with van der Waals surface area (Å²) < 4.78 is 33.6. The maximum atomic E-state index is 12.8. The van der Waals surface area contributed by atoms with Crippen LogP contribution in [0.1, 0.15) is 12.1 Å². The summed E-state index contributed by atoms with van der Waals surface area (Å²) in [5, 5.41) is 12.7. The number of hydrogen-bond donors (Lipinski definition) is 1. The van der Waals surface area contributed by atoms with Crippen LogP contribution in [0.4, 0.5) is 0 Å². The molecule has 4 heterocycles. The largest absolute Gasteiger partial charge is 0.494 e. The molecule has 0 aliphatic heterocycles. The van der Waals surface area contributed by atoms with E-state index in [2.05, 4.69) is 25.3 Å². The molecule has 12 nitrogen and oxygen atoms in total. The van der Waals surface area contributed by atoms with Crippen LogP contribution in [-0.4, -0.2) is 89.1 Å². The number of aromatic nitrogens is 6. The predicted molar refractivity (Wildman–Crippen MR) is 150 cm³/mol. The van der Waals surface area contributed by atoms with Crippen LogP contribution >= 0.6 is 0 Å². The third-order valence-electron chi connectivity index (χ3n) is 6.44. The number of methoxy groups -OCH3 is 1.